The molecule has 1 unspecified atom stereocenters. The lowest BCUT2D eigenvalue weighted by atomic mass is 9.74. The Hall–Kier alpha value is -0.160. The highest BCUT2D eigenvalue weighted by Crippen LogP contribution is 2.35. The van der Waals surface area contributed by atoms with E-state index in [0.29, 0.717) is 32.8 Å². The maximum absolute atomic E-state index is 10.3. The quantitative estimate of drug-likeness (QED) is 0.588. The molecule has 0 aromatic carbocycles. The maximum atomic E-state index is 10.3. The third kappa shape index (κ3) is 1.48. The van der Waals surface area contributed by atoms with Gasteiger partial charge in [0.25, 0.3) is 0 Å². The topological polar surface area (TPSA) is 64.7 Å². The Bertz CT molecular complexity index is 183. The molecule has 2 aliphatic heterocycles. The Kier molecular flexibility index (Phi) is 2.32. The molecule has 2 rings (SSSR count). The smallest absolute Gasteiger partial charge is 0.108 e. The van der Waals surface area contributed by atoms with E-state index in [4.69, 9.17) is 15.2 Å². The summed E-state index contributed by atoms with van der Waals surface area (Å²) in [6, 6.07) is 0. The van der Waals surface area contributed by atoms with Crippen LogP contribution in [0.3, 0.4) is 0 Å². The van der Waals surface area contributed by atoms with Crippen molar-refractivity contribution in [1.82, 2.24) is 0 Å². The summed E-state index contributed by atoms with van der Waals surface area (Å²) in [5.41, 5.74) is 4.87. The van der Waals surface area contributed by atoms with Crippen LogP contribution in [0.2, 0.25) is 0 Å². The van der Waals surface area contributed by atoms with Crippen molar-refractivity contribution in [3.05, 3.63) is 0 Å². The number of hydrogen-bond donors (Lipinski definition) is 2. The molecule has 13 heavy (non-hydrogen) atoms. The van der Waals surface area contributed by atoms with E-state index in [1.165, 1.54) is 0 Å². The Labute approximate surface area is 78.0 Å². The van der Waals surface area contributed by atoms with Gasteiger partial charge in [-0.05, 0) is 12.8 Å². The van der Waals surface area contributed by atoms with Crippen molar-refractivity contribution >= 4 is 0 Å². The minimum atomic E-state index is -0.823. The lowest BCUT2D eigenvalue weighted by molar-refractivity contribution is -0.0839. The van der Waals surface area contributed by atoms with Crippen LogP contribution in [0.25, 0.3) is 0 Å². The van der Waals surface area contributed by atoms with Gasteiger partial charge in [0.05, 0.1) is 12.1 Å². The molecule has 2 aliphatic rings. The van der Waals surface area contributed by atoms with Crippen molar-refractivity contribution in [3.63, 3.8) is 0 Å². The van der Waals surface area contributed by atoms with Crippen molar-refractivity contribution in [2.45, 2.75) is 30.4 Å². The molecule has 0 spiro atoms. The van der Waals surface area contributed by atoms with Crippen LogP contribution in [-0.4, -0.2) is 42.7 Å². The second kappa shape index (κ2) is 3.20. The first-order chi connectivity index (χ1) is 6.16. The molecule has 4 nitrogen and oxygen atoms in total. The second-order valence-electron chi connectivity index (χ2n) is 4.10. The zero-order valence-corrected chi connectivity index (χ0v) is 7.79. The molecular weight excluding hydrogens is 170 g/mol. The summed E-state index contributed by atoms with van der Waals surface area (Å²) in [5, 5.41) is 10.3. The van der Waals surface area contributed by atoms with Gasteiger partial charge in [0.1, 0.15) is 5.60 Å². The summed E-state index contributed by atoms with van der Waals surface area (Å²) in [6.07, 6.45) is 2.11. The van der Waals surface area contributed by atoms with E-state index >= 15 is 0 Å². The highest BCUT2D eigenvalue weighted by molar-refractivity contribution is 5.06. The predicted molar refractivity (Wildman–Crippen MR) is 47.4 cm³/mol. The molecule has 0 aromatic rings. The average Bonchev–Trinajstić information content (AvgIpc) is 2.55. The van der Waals surface area contributed by atoms with Gasteiger partial charge >= 0.3 is 0 Å². The summed E-state index contributed by atoms with van der Waals surface area (Å²) in [5.74, 6) is 0. The third-order valence-electron chi connectivity index (χ3n) is 3.31. The number of aliphatic hydroxyl groups is 1. The second-order valence-corrected chi connectivity index (χ2v) is 4.10. The standard InChI is InChI=1S/C9H17NO3/c10-8(1-4-12-5-2-8)9(11)3-6-13-7-9/h11H,1-7,10H2. The van der Waals surface area contributed by atoms with E-state index in [9.17, 15) is 5.11 Å². The van der Waals surface area contributed by atoms with Crippen LogP contribution in [0.15, 0.2) is 0 Å². The van der Waals surface area contributed by atoms with Crippen LogP contribution in [0.4, 0.5) is 0 Å². The van der Waals surface area contributed by atoms with Crippen LogP contribution in [0.1, 0.15) is 19.3 Å². The SMILES string of the molecule is NC1(C2(O)CCOC2)CCOCC1. The third-order valence-corrected chi connectivity index (χ3v) is 3.31. The highest BCUT2D eigenvalue weighted by Gasteiger charge is 2.50. The number of hydrogen-bond acceptors (Lipinski definition) is 4. The summed E-state index contributed by atoms with van der Waals surface area (Å²) < 4.78 is 10.4. The fraction of sp³-hybridized carbons (Fsp3) is 1.00. The minimum absolute atomic E-state index is 0.378. The Morgan fingerprint density at radius 1 is 1.00 bits per heavy atom. The molecule has 3 N–H and O–H groups in total. The molecular formula is C9H17NO3. The first kappa shape index (κ1) is 9.40. The van der Waals surface area contributed by atoms with Crippen LogP contribution in [-0.2, 0) is 9.47 Å². The number of ether oxygens (including phenoxy) is 2. The molecule has 0 radical (unpaired) electrons. The highest BCUT2D eigenvalue weighted by atomic mass is 16.5. The largest absolute Gasteiger partial charge is 0.385 e. The minimum Gasteiger partial charge on any atom is -0.385 e. The van der Waals surface area contributed by atoms with Crippen LogP contribution < -0.4 is 5.73 Å². The Morgan fingerprint density at radius 2 is 1.62 bits per heavy atom. The van der Waals surface area contributed by atoms with Gasteiger partial charge in [-0.1, -0.05) is 0 Å². The van der Waals surface area contributed by atoms with Gasteiger partial charge < -0.3 is 20.3 Å². The summed E-state index contributed by atoms with van der Waals surface area (Å²) in [4.78, 5) is 0. The number of rotatable bonds is 1. The van der Waals surface area contributed by atoms with E-state index in [-0.39, 0.29) is 0 Å². The van der Waals surface area contributed by atoms with E-state index < -0.39 is 11.1 Å². The molecule has 2 heterocycles. The number of nitrogens with two attached hydrogens (primary N) is 1. The average molecular weight is 187 g/mol. The summed E-state index contributed by atoms with van der Waals surface area (Å²) in [7, 11) is 0. The molecule has 0 amide bonds. The Morgan fingerprint density at radius 3 is 2.15 bits per heavy atom. The van der Waals surface area contributed by atoms with Gasteiger partial charge in [0.2, 0.25) is 0 Å². The normalized spacial score (nSPS) is 39.2. The fourth-order valence-electron chi connectivity index (χ4n) is 2.15. The first-order valence-electron chi connectivity index (χ1n) is 4.83. The molecule has 1 atom stereocenters. The molecule has 4 heteroatoms. The molecule has 2 saturated heterocycles. The van der Waals surface area contributed by atoms with Gasteiger partial charge in [-0.15, -0.1) is 0 Å². The maximum Gasteiger partial charge on any atom is 0.108 e. The van der Waals surface area contributed by atoms with Crippen LogP contribution in [0, 0.1) is 0 Å². The molecule has 0 bridgehead atoms. The molecule has 2 fully saturated rings. The lowest BCUT2D eigenvalue weighted by Gasteiger charge is -2.43. The molecule has 0 saturated carbocycles. The summed E-state index contributed by atoms with van der Waals surface area (Å²) >= 11 is 0. The monoisotopic (exact) mass is 187 g/mol. The van der Waals surface area contributed by atoms with Gasteiger partial charge in [-0.2, -0.15) is 0 Å². The summed E-state index contributed by atoms with van der Waals surface area (Å²) in [6.45, 7) is 2.30. The lowest BCUT2D eigenvalue weighted by Crippen LogP contribution is -2.63. The van der Waals surface area contributed by atoms with Crippen molar-refractivity contribution < 1.29 is 14.6 Å². The van der Waals surface area contributed by atoms with E-state index in [1.54, 1.807) is 0 Å². The molecule has 0 aliphatic carbocycles. The van der Waals surface area contributed by atoms with E-state index in [2.05, 4.69) is 0 Å². The van der Waals surface area contributed by atoms with Crippen molar-refractivity contribution in [2.24, 2.45) is 5.73 Å². The van der Waals surface area contributed by atoms with E-state index in [1.807, 2.05) is 0 Å². The van der Waals surface area contributed by atoms with Crippen LogP contribution in [0.5, 0.6) is 0 Å². The van der Waals surface area contributed by atoms with Crippen LogP contribution >= 0.6 is 0 Å². The van der Waals surface area contributed by atoms with Gasteiger partial charge in [0, 0.05) is 26.2 Å². The van der Waals surface area contributed by atoms with Crippen molar-refractivity contribution in [1.29, 1.82) is 0 Å². The van der Waals surface area contributed by atoms with Gasteiger partial charge in [-0.3, -0.25) is 0 Å². The first-order valence-corrected chi connectivity index (χ1v) is 4.83. The zero-order valence-electron chi connectivity index (χ0n) is 7.79. The van der Waals surface area contributed by atoms with Gasteiger partial charge in [-0.25, -0.2) is 0 Å². The molecule has 0 aromatic heterocycles. The zero-order chi connectivity index (χ0) is 9.36. The van der Waals surface area contributed by atoms with E-state index in [0.717, 1.165) is 12.8 Å². The van der Waals surface area contributed by atoms with Gasteiger partial charge in [0.15, 0.2) is 0 Å². The molecule has 76 valence electrons. The van der Waals surface area contributed by atoms with Crippen molar-refractivity contribution in [3.8, 4) is 0 Å². The van der Waals surface area contributed by atoms with Crippen molar-refractivity contribution in [2.75, 3.05) is 26.4 Å². The Balaban J connectivity index is 2.11. The fourth-order valence-corrected chi connectivity index (χ4v) is 2.15. The predicted octanol–water partition coefficient (Wildman–Crippen LogP) is -0.354.